The molecule has 1 aromatic heterocycles. The Labute approximate surface area is 111 Å². The number of H-pyrrole nitrogens is 1. The number of nitrogens with one attached hydrogen (secondary N) is 1. The summed E-state index contributed by atoms with van der Waals surface area (Å²) in [6, 6.07) is 9.69. The molecule has 0 aliphatic heterocycles. The highest BCUT2D eigenvalue weighted by molar-refractivity contribution is 7.71. The van der Waals surface area contributed by atoms with Gasteiger partial charge in [-0.15, -0.1) is 0 Å². The van der Waals surface area contributed by atoms with Crippen LogP contribution in [0.1, 0.15) is 12.6 Å². The molecule has 18 heavy (non-hydrogen) atoms. The van der Waals surface area contributed by atoms with Gasteiger partial charge in [0.15, 0.2) is 0 Å². The number of rotatable bonds is 5. The number of methoxy groups -OCH3 is 1. The molecule has 4 nitrogen and oxygen atoms in total. The van der Waals surface area contributed by atoms with Crippen molar-refractivity contribution in [2.75, 3.05) is 13.7 Å². The molecule has 1 heterocycles. The van der Waals surface area contributed by atoms with Gasteiger partial charge in [0, 0.05) is 7.11 Å². The molecular formula is C13H16N2O2S. The minimum absolute atomic E-state index is 0.521. The Hall–Kier alpha value is -1.59. The van der Waals surface area contributed by atoms with E-state index in [4.69, 9.17) is 21.7 Å². The molecule has 0 fully saturated rings. The molecule has 1 aromatic carbocycles. The maximum Gasteiger partial charge on any atom is 0.128 e. The van der Waals surface area contributed by atoms with Crippen molar-refractivity contribution in [2.45, 2.75) is 13.5 Å². The van der Waals surface area contributed by atoms with Gasteiger partial charge in [-0.05, 0) is 37.3 Å². The number of hydrogen-bond donors (Lipinski definition) is 1. The standard InChI is InChI=1S/C13H16N2O2S/c1-3-17-12-6-4-11(5-7-12)15-13(18)8-10(14-15)9-16-2/h4-8,14H,3,9H2,1-2H3. The molecule has 2 rings (SSSR count). The Balaban J connectivity index is 2.27. The largest absolute Gasteiger partial charge is 0.494 e. The number of nitrogens with zero attached hydrogens (tertiary/aromatic N) is 1. The number of ether oxygens (including phenoxy) is 2. The van der Waals surface area contributed by atoms with Crippen molar-refractivity contribution in [1.82, 2.24) is 9.78 Å². The molecule has 0 spiro atoms. The average molecular weight is 264 g/mol. The number of hydrogen-bond acceptors (Lipinski definition) is 3. The first-order valence-electron chi connectivity index (χ1n) is 5.77. The van der Waals surface area contributed by atoms with Crippen LogP contribution in [0, 0.1) is 4.64 Å². The monoisotopic (exact) mass is 264 g/mol. The van der Waals surface area contributed by atoms with Crippen molar-refractivity contribution in [3.8, 4) is 11.4 Å². The molecule has 0 saturated heterocycles. The zero-order chi connectivity index (χ0) is 13.0. The highest BCUT2D eigenvalue weighted by Gasteiger charge is 2.02. The summed E-state index contributed by atoms with van der Waals surface area (Å²) in [5.41, 5.74) is 1.93. The highest BCUT2D eigenvalue weighted by Crippen LogP contribution is 2.16. The Morgan fingerprint density at radius 3 is 2.61 bits per heavy atom. The van der Waals surface area contributed by atoms with Crippen LogP contribution < -0.4 is 4.74 Å². The summed E-state index contributed by atoms with van der Waals surface area (Å²) in [6.45, 7) is 3.15. The third kappa shape index (κ3) is 2.80. The molecular weight excluding hydrogens is 248 g/mol. The highest BCUT2D eigenvalue weighted by atomic mass is 32.1. The third-order valence-electron chi connectivity index (χ3n) is 2.48. The van der Waals surface area contributed by atoms with Gasteiger partial charge in [-0.2, -0.15) is 0 Å². The Morgan fingerprint density at radius 2 is 2.00 bits per heavy atom. The third-order valence-corrected chi connectivity index (χ3v) is 2.78. The Kier molecular flexibility index (Phi) is 4.17. The van der Waals surface area contributed by atoms with E-state index in [0.717, 1.165) is 21.8 Å². The topological polar surface area (TPSA) is 39.2 Å². The van der Waals surface area contributed by atoms with Gasteiger partial charge < -0.3 is 9.47 Å². The fraction of sp³-hybridized carbons (Fsp3) is 0.308. The lowest BCUT2D eigenvalue weighted by atomic mass is 10.3. The minimum atomic E-state index is 0.521. The molecule has 0 atom stereocenters. The quantitative estimate of drug-likeness (QED) is 0.844. The summed E-state index contributed by atoms with van der Waals surface area (Å²) in [5, 5.41) is 3.20. The van der Waals surface area contributed by atoms with Crippen LogP contribution in [0.15, 0.2) is 30.3 Å². The normalized spacial score (nSPS) is 10.6. The van der Waals surface area contributed by atoms with Crippen LogP contribution in [0.2, 0.25) is 0 Å². The lowest BCUT2D eigenvalue weighted by Gasteiger charge is -2.06. The maximum atomic E-state index is 5.41. The smallest absolute Gasteiger partial charge is 0.128 e. The second-order valence-electron chi connectivity index (χ2n) is 3.81. The number of aromatic amines is 1. The summed E-state index contributed by atoms with van der Waals surface area (Å²) < 4.78 is 13.1. The van der Waals surface area contributed by atoms with Crippen molar-refractivity contribution < 1.29 is 9.47 Å². The molecule has 0 unspecified atom stereocenters. The van der Waals surface area contributed by atoms with Crippen LogP contribution >= 0.6 is 12.2 Å². The SMILES string of the molecule is CCOc1ccc(-n2[nH]c(COC)cc2=S)cc1. The van der Waals surface area contributed by atoms with E-state index in [-0.39, 0.29) is 0 Å². The van der Waals surface area contributed by atoms with Crippen LogP contribution in [0.4, 0.5) is 0 Å². The van der Waals surface area contributed by atoms with Gasteiger partial charge in [0.2, 0.25) is 0 Å². The molecule has 0 bridgehead atoms. The second-order valence-corrected chi connectivity index (χ2v) is 4.23. The van der Waals surface area contributed by atoms with Crippen molar-refractivity contribution in [2.24, 2.45) is 0 Å². The predicted octanol–water partition coefficient (Wildman–Crippen LogP) is 3.08. The van der Waals surface area contributed by atoms with E-state index in [9.17, 15) is 0 Å². The maximum absolute atomic E-state index is 5.41. The van der Waals surface area contributed by atoms with Crippen molar-refractivity contribution in [3.05, 3.63) is 40.7 Å². The molecule has 0 saturated carbocycles. The van der Waals surface area contributed by atoms with E-state index in [1.165, 1.54) is 0 Å². The fourth-order valence-electron chi connectivity index (χ4n) is 1.72. The van der Waals surface area contributed by atoms with E-state index in [2.05, 4.69) is 5.10 Å². The summed E-state index contributed by atoms with van der Waals surface area (Å²) in [5.74, 6) is 0.858. The first-order chi connectivity index (χ1) is 8.74. The van der Waals surface area contributed by atoms with E-state index >= 15 is 0 Å². The summed E-state index contributed by atoms with van der Waals surface area (Å²) in [4.78, 5) is 0. The van der Waals surface area contributed by atoms with Crippen LogP contribution in [-0.4, -0.2) is 23.5 Å². The second kappa shape index (κ2) is 5.84. The molecule has 1 N–H and O–H groups in total. The fourth-order valence-corrected chi connectivity index (χ4v) is 2.02. The van der Waals surface area contributed by atoms with Gasteiger partial charge in [-0.1, -0.05) is 12.2 Å². The molecule has 5 heteroatoms. The van der Waals surface area contributed by atoms with Gasteiger partial charge in [-0.3, -0.25) is 5.10 Å². The van der Waals surface area contributed by atoms with E-state index in [1.54, 1.807) is 7.11 Å². The zero-order valence-electron chi connectivity index (χ0n) is 10.5. The number of benzene rings is 1. The Morgan fingerprint density at radius 1 is 1.28 bits per heavy atom. The van der Waals surface area contributed by atoms with Crippen molar-refractivity contribution in [1.29, 1.82) is 0 Å². The van der Waals surface area contributed by atoms with Crippen LogP contribution in [0.5, 0.6) is 5.75 Å². The lowest BCUT2D eigenvalue weighted by Crippen LogP contribution is -1.98. The molecule has 2 aromatic rings. The van der Waals surface area contributed by atoms with Crippen LogP contribution in [0.3, 0.4) is 0 Å². The summed E-state index contributed by atoms with van der Waals surface area (Å²) >= 11 is 5.30. The predicted molar refractivity (Wildman–Crippen MR) is 72.8 cm³/mol. The Bertz CT molecular complexity index is 557. The van der Waals surface area contributed by atoms with Crippen LogP contribution in [0.25, 0.3) is 5.69 Å². The summed E-state index contributed by atoms with van der Waals surface area (Å²) in [6.07, 6.45) is 0. The number of aromatic nitrogens is 2. The van der Waals surface area contributed by atoms with Gasteiger partial charge >= 0.3 is 0 Å². The van der Waals surface area contributed by atoms with Gasteiger partial charge in [0.25, 0.3) is 0 Å². The molecule has 0 aliphatic rings. The molecule has 0 aliphatic carbocycles. The summed E-state index contributed by atoms with van der Waals surface area (Å²) in [7, 11) is 1.66. The minimum Gasteiger partial charge on any atom is -0.494 e. The first kappa shape index (κ1) is 12.9. The van der Waals surface area contributed by atoms with Gasteiger partial charge in [0.05, 0.1) is 24.6 Å². The zero-order valence-corrected chi connectivity index (χ0v) is 11.3. The molecule has 0 radical (unpaired) electrons. The van der Waals surface area contributed by atoms with Crippen molar-refractivity contribution in [3.63, 3.8) is 0 Å². The van der Waals surface area contributed by atoms with E-state index in [0.29, 0.717) is 13.2 Å². The first-order valence-corrected chi connectivity index (χ1v) is 6.18. The van der Waals surface area contributed by atoms with Crippen LogP contribution in [-0.2, 0) is 11.3 Å². The molecule has 96 valence electrons. The van der Waals surface area contributed by atoms with E-state index in [1.807, 2.05) is 41.9 Å². The van der Waals surface area contributed by atoms with E-state index < -0.39 is 0 Å². The van der Waals surface area contributed by atoms with Gasteiger partial charge in [-0.25, -0.2) is 4.68 Å². The van der Waals surface area contributed by atoms with Gasteiger partial charge in [0.1, 0.15) is 10.4 Å². The molecule has 0 amide bonds. The lowest BCUT2D eigenvalue weighted by molar-refractivity contribution is 0.181. The average Bonchev–Trinajstić information content (AvgIpc) is 2.72. The van der Waals surface area contributed by atoms with Crippen molar-refractivity contribution >= 4 is 12.2 Å².